The maximum atomic E-state index is 13.1. The molecule has 0 bridgehead atoms. The molecule has 2 saturated carbocycles. The lowest BCUT2D eigenvalue weighted by atomic mass is 9.87. The molecule has 1 aromatic heterocycles. The minimum Gasteiger partial charge on any atom is -0.490 e. The van der Waals surface area contributed by atoms with E-state index in [4.69, 9.17) is 14.6 Å². The molecule has 2 aliphatic carbocycles. The first-order valence-corrected chi connectivity index (χ1v) is 11.7. The molecule has 0 unspecified atom stereocenters. The van der Waals surface area contributed by atoms with Crippen LogP contribution in [0.5, 0.6) is 5.75 Å². The molecular formula is C22H27N3O5S. The van der Waals surface area contributed by atoms with E-state index in [0.29, 0.717) is 29.3 Å². The van der Waals surface area contributed by atoms with Crippen LogP contribution < -0.4 is 9.64 Å². The number of carboxylic acid groups (broad SMARTS) is 1. The van der Waals surface area contributed by atoms with Crippen molar-refractivity contribution >= 4 is 28.3 Å². The number of carbonyl (C=O) groups is 2. The molecule has 4 rings (SSSR count). The first kappa shape index (κ1) is 21.7. The Balaban J connectivity index is 1.37. The Morgan fingerprint density at radius 1 is 1.03 bits per heavy atom. The van der Waals surface area contributed by atoms with Gasteiger partial charge in [-0.1, -0.05) is 24.2 Å². The van der Waals surface area contributed by atoms with Crippen LogP contribution in [-0.2, 0) is 9.53 Å². The molecule has 8 nitrogen and oxygen atoms in total. The number of hydrogen-bond acceptors (Lipinski definition) is 7. The maximum absolute atomic E-state index is 13.1. The van der Waals surface area contributed by atoms with Crippen LogP contribution >= 0.6 is 11.3 Å². The summed E-state index contributed by atoms with van der Waals surface area (Å²) >= 11 is 1.30. The fourth-order valence-electron chi connectivity index (χ4n) is 4.17. The van der Waals surface area contributed by atoms with Crippen LogP contribution in [0.25, 0.3) is 0 Å². The fourth-order valence-corrected chi connectivity index (χ4v) is 4.72. The number of aromatic nitrogens is 2. The topological polar surface area (TPSA) is 102 Å². The van der Waals surface area contributed by atoms with Gasteiger partial charge in [-0.05, 0) is 62.8 Å². The zero-order chi connectivity index (χ0) is 21.6. The van der Waals surface area contributed by atoms with Gasteiger partial charge in [0.1, 0.15) is 18.0 Å². The van der Waals surface area contributed by atoms with Crippen LogP contribution in [0.4, 0.5) is 5.13 Å². The average molecular weight is 446 g/mol. The number of anilines is 1. The number of amides is 1. The van der Waals surface area contributed by atoms with Crippen LogP contribution in [-0.4, -0.2) is 46.1 Å². The van der Waals surface area contributed by atoms with Gasteiger partial charge in [-0.2, -0.15) is 0 Å². The van der Waals surface area contributed by atoms with E-state index in [1.165, 1.54) is 16.2 Å². The van der Waals surface area contributed by atoms with E-state index in [2.05, 4.69) is 10.2 Å². The molecule has 0 atom stereocenters. The second kappa shape index (κ2) is 10.2. The van der Waals surface area contributed by atoms with Crippen LogP contribution in [0.3, 0.4) is 0 Å². The van der Waals surface area contributed by atoms with Gasteiger partial charge in [-0.15, -0.1) is 10.2 Å². The minimum atomic E-state index is -0.724. The molecule has 2 fully saturated rings. The van der Waals surface area contributed by atoms with Gasteiger partial charge >= 0.3 is 5.97 Å². The molecule has 1 heterocycles. The van der Waals surface area contributed by atoms with Gasteiger partial charge in [0.05, 0.1) is 18.1 Å². The van der Waals surface area contributed by atoms with E-state index in [-0.39, 0.29) is 30.8 Å². The van der Waals surface area contributed by atoms with Crippen molar-refractivity contribution in [1.82, 2.24) is 10.2 Å². The first-order valence-electron chi connectivity index (χ1n) is 10.8. The van der Waals surface area contributed by atoms with Crippen molar-refractivity contribution < 1.29 is 24.2 Å². The Kier molecular flexibility index (Phi) is 7.14. The lowest BCUT2D eigenvalue weighted by molar-refractivity contribution is -0.143. The number of hydrogen-bond donors (Lipinski definition) is 1. The maximum Gasteiger partial charge on any atom is 0.306 e. The molecule has 2 aromatic rings. The summed E-state index contributed by atoms with van der Waals surface area (Å²) in [5, 5.41) is 17.5. The van der Waals surface area contributed by atoms with Gasteiger partial charge in [0.2, 0.25) is 5.13 Å². The molecule has 2 aliphatic rings. The fraction of sp³-hybridized carbons (Fsp3) is 0.545. The highest BCUT2D eigenvalue weighted by Gasteiger charge is 2.27. The summed E-state index contributed by atoms with van der Waals surface area (Å²) in [7, 11) is 0. The third-order valence-corrected chi connectivity index (χ3v) is 6.71. The normalized spacial score (nSPS) is 21.7. The zero-order valence-electron chi connectivity index (χ0n) is 17.3. The second-order valence-corrected chi connectivity index (χ2v) is 8.92. The van der Waals surface area contributed by atoms with E-state index in [0.717, 1.165) is 38.5 Å². The largest absolute Gasteiger partial charge is 0.490 e. The van der Waals surface area contributed by atoms with E-state index in [1.807, 2.05) is 0 Å². The summed E-state index contributed by atoms with van der Waals surface area (Å²) in [5.41, 5.74) is 2.12. The van der Waals surface area contributed by atoms with Crippen LogP contribution in [0.15, 0.2) is 29.8 Å². The standard InChI is InChI=1S/C22H27N3O5S/c26-20(25(22-24-23-13-31-22)14-29-17-3-1-2-4-17)15-5-9-18(10-6-15)30-19-11-7-16(8-12-19)21(27)28/h5-6,9-10,13,16-17,19H,1-4,7-8,11-12,14H2,(H,27,28). The third-order valence-electron chi connectivity index (χ3n) is 5.99. The van der Waals surface area contributed by atoms with Gasteiger partial charge < -0.3 is 14.6 Å². The summed E-state index contributed by atoms with van der Waals surface area (Å²) in [6.07, 6.45) is 7.29. The Morgan fingerprint density at radius 3 is 2.35 bits per heavy atom. The van der Waals surface area contributed by atoms with Crippen LogP contribution in [0, 0.1) is 5.92 Å². The van der Waals surface area contributed by atoms with Crippen molar-refractivity contribution in [2.75, 3.05) is 11.6 Å². The smallest absolute Gasteiger partial charge is 0.306 e. The Labute approximate surface area is 185 Å². The summed E-state index contributed by atoms with van der Waals surface area (Å²) in [6.45, 7) is 0.157. The van der Waals surface area contributed by atoms with Crippen molar-refractivity contribution in [1.29, 1.82) is 0 Å². The lowest BCUT2D eigenvalue weighted by Crippen LogP contribution is -2.34. The number of carbonyl (C=O) groups excluding carboxylic acids is 1. The predicted molar refractivity (Wildman–Crippen MR) is 115 cm³/mol. The monoisotopic (exact) mass is 445 g/mol. The van der Waals surface area contributed by atoms with Gasteiger partial charge in [0.25, 0.3) is 5.91 Å². The number of benzene rings is 1. The van der Waals surface area contributed by atoms with Crippen LogP contribution in [0.1, 0.15) is 61.7 Å². The molecule has 1 aromatic carbocycles. The highest BCUT2D eigenvalue weighted by atomic mass is 32.1. The average Bonchev–Trinajstić information content (AvgIpc) is 3.49. The van der Waals surface area contributed by atoms with Crippen molar-refractivity contribution in [3.63, 3.8) is 0 Å². The summed E-state index contributed by atoms with van der Waals surface area (Å²) in [5.74, 6) is -0.501. The molecular weight excluding hydrogens is 418 g/mol. The minimum absolute atomic E-state index is 0.00912. The molecule has 0 saturated heterocycles. The van der Waals surface area contributed by atoms with E-state index < -0.39 is 5.97 Å². The van der Waals surface area contributed by atoms with Crippen molar-refractivity contribution in [3.05, 3.63) is 35.3 Å². The van der Waals surface area contributed by atoms with E-state index in [1.54, 1.807) is 29.8 Å². The van der Waals surface area contributed by atoms with E-state index in [9.17, 15) is 9.59 Å². The molecule has 166 valence electrons. The molecule has 1 N–H and O–H groups in total. The molecule has 31 heavy (non-hydrogen) atoms. The van der Waals surface area contributed by atoms with Crippen molar-refractivity contribution in [3.8, 4) is 5.75 Å². The number of nitrogens with zero attached hydrogens (tertiary/aromatic N) is 3. The second-order valence-electron chi connectivity index (χ2n) is 8.11. The van der Waals surface area contributed by atoms with Crippen molar-refractivity contribution in [2.45, 2.75) is 63.6 Å². The Morgan fingerprint density at radius 2 is 1.74 bits per heavy atom. The molecule has 1 amide bonds. The third kappa shape index (κ3) is 5.59. The molecule has 0 spiro atoms. The van der Waals surface area contributed by atoms with Gasteiger partial charge in [0.15, 0.2) is 0 Å². The number of aliphatic carboxylic acids is 1. The Bertz CT molecular complexity index is 860. The van der Waals surface area contributed by atoms with Gasteiger partial charge in [-0.3, -0.25) is 14.5 Å². The Hall–Kier alpha value is -2.52. The van der Waals surface area contributed by atoms with Crippen molar-refractivity contribution in [2.24, 2.45) is 5.92 Å². The van der Waals surface area contributed by atoms with Gasteiger partial charge in [0, 0.05) is 5.56 Å². The quantitative estimate of drug-likeness (QED) is 0.610. The SMILES string of the molecule is O=C(O)C1CCC(Oc2ccc(C(=O)N(COC3CCCC3)c3nncs3)cc2)CC1. The number of carboxylic acids is 1. The number of ether oxygens (including phenoxy) is 2. The number of rotatable bonds is 8. The predicted octanol–water partition coefficient (Wildman–Crippen LogP) is 4.12. The van der Waals surface area contributed by atoms with Gasteiger partial charge in [-0.25, -0.2) is 0 Å². The highest BCUT2D eigenvalue weighted by Crippen LogP contribution is 2.29. The molecule has 0 radical (unpaired) electrons. The molecule has 9 heteroatoms. The molecule has 0 aliphatic heterocycles. The lowest BCUT2D eigenvalue weighted by Gasteiger charge is -2.27. The summed E-state index contributed by atoms with van der Waals surface area (Å²) in [4.78, 5) is 25.8. The first-order chi connectivity index (χ1) is 15.1. The summed E-state index contributed by atoms with van der Waals surface area (Å²) in [6, 6.07) is 7.05. The zero-order valence-corrected chi connectivity index (χ0v) is 18.1. The van der Waals surface area contributed by atoms with E-state index >= 15 is 0 Å². The highest BCUT2D eigenvalue weighted by molar-refractivity contribution is 7.13. The summed E-state index contributed by atoms with van der Waals surface area (Å²) < 4.78 is 12.0. The van der Waals surface area contributed by atoms with Crippen LogP contribution in [0.2, 0.25) is 0 Å².